The van der Waals surface area contributed by atoms with E-state index >= 15 is 0 Å². The molecule has 0 radical (unpaired) electrons. The number of rotatable bonds is 1. The Morgan fingerprint density at radius 2 is 2.25 bits per heavy atom. The van der Waals surface area contributed by atoms with Crippen molar-refractivity contribution < 1.29 is 13.2 Å². The van der Waals surface area contributed by atoms with Gasteiger partial charge >= 0.3 is 6.18 Å². The molecular formula is C5H6F3N3S. The van der Waals surface area contributed by atoms with E-state index in [1.54, 1.807) is 0 Å². The average molecular weight is 197 g/mol. The number of nitrogens with zero attached hydrogens (tertiary/aromatic N) is 2. The molecule has 7 heteroatoms. The van der Waals surface area contributed by atoms with E-state index < -0.39 is 12.2 Å². The van der Waals surface area contributed by atoms with Crippen LogP contribution in [0.25, 0.3) is 0 Å². The van der Waals surface area contributed by atoms with Gasteiger partial charge in [-0.05, 0) is 19.1 Å². The van der Waals surface area contributed by atoms with Gasteiger partial charge in [0.25, 0.3) is 0 Å². The minimum atomic E-state index is -4.29. The molecule has 1 N–H and O–H groups in total. The Kier molecular flexibility index (Phi) is 2.22. The van der Waals surface area contributed by atoms with E-state index in [0.29, 0.717) is 0 Å². The summed E-state index contributed by atoms with van der Waals surface area (Å²) in [5.41, 5.74) is 0. The smallest absolute Gasteiger partial charge is 0.295 e. The normalized spacial score (nSPS) is 14.7. The number of hydrogen-bond donors (Lipinski definition) is 1. The van der Waals surface area contributed by atoms with Crippen molar-refractivity contribution >= 4 is 12.2 Å². The highest BCUT2D eigenvalue weighted by molar-refractivity contribution is 7.71. The largest absolute Gasteiger partial charge is 0.408 e. The van der Waals surface area contributed by atoms with Gasteiger partial charge in [-0.25, -0.2) is 0 Å². The topological polar surface area (TPSA) is 33.6 Å². The molecule has 1 aromatic heterocycles. The van der Waals surface area contributed by atoms with Crippen molar-refractivity contribution in [1.82, 2.24) is 14.8 Å². The van der Waals surface area contributed by atoms with Crippen molar-refractivity contribution in [3.8, 4) is 0 Å². The number of aromatic nitrogens is 3. The number of aromatic amines is 1. The van der Waals surface area contributed by atoms with E-state index in [2.05, 4.69) is 22.4 Å². The Bertz CT molecular complexity index is 312. The van der Waals surface area contributed by atoms with Crippen molar-refractivity contribution in [2.24, 2.45) is 0 Å². The van der Waals surface area contributed by atoms with Crippen molar-refractivity contribution in [2.45, 2.75) is 19.1 Å². The molecule has 0 fully saturated rings. The second-order valence-electron chi connectivity index (χ2n) is 2.29. The molecule has 1 rings (SSSR count). The summed E-state index contributed by atoms with van der Waals surface area (Å²) in [4.78, 5) is 0. The van der Waals surface area contributed by atoms with Crippen LogP contribution in [0.15, 0.2) is 6.33 Å². The third-order valence-electron chi connectivity index (χ3n) is 1.47. The number of H-pyrrole nitrogens is 1. The molecule has 0 saturated heterocycles. The highest BCUT2D eigenvalue weighted by atomic mass is 32.1. The van der Waals surface area contributed by atoms with Crippen LogP contribution >= 0.6 is 12.2 Å². The summed E-state index contributed by atoms with van der Waals surface area (Å²) in [6, 6.07) is -1.64. The first-order valence-electron chi connectivity index (χ1n) is 3.11. The van der Waals surface area contributed by atoms with Gasteiger partial charge in [-0.1, -0.05) is 0 Å². The molecule has 0 aliphatic rings. The quantitative estimate of drug-likeness (QED) is 0.699. The molecule has 0 bridgehead atoms. The maximum Gasteiger partial charge on any atom is 0.408 e. The van der Waals surface area contributed by atoms with Gasteiger partial charge in [0.05, 0.1) is 0 Å². The van der Waals surface area contributed by atoms with Gasteiger partial charge in [-0.2, -0.15) is 18.3 Å². The molecule has 0 saturated carbocycles. The van der Waals surface area contributed by atoms with E-state index in [1.807, 2.05) is 0 Å². The fraction of sp³-hybridized carbons (Fsp3) is 0.600. The van der Waals surface area contributed by atoms with Gasteiger partial charge in [0, 0.05) is 0 Å². The lowest BCUT2D eigenvalue weighted by Gasteiger charge is -2.15. The maximum atomic E-state index is 12.1. The van der Waals surface area contributed by atoms with Crippen LogP contribution in [0, 0.1) is 4.77 Å². The monoisotopic (exact) mass is 197 g/mol. The first-order valence-corrected chi connectivity index (χ1v) is 3.52. The van der Waals surface area contributed by atoms with Crippen molar-refractivity contribution in [3.63, 3.8) is 0 Å². The van der Waals surface area contributed by atoms with Crippen LogP contribution in [0.1, 0.15) is 13.0 Å². The molecule has 0 spiro atoms. The highest BCUT2D eigenvalue weighted by Gasteiger charge is 2.37. The minimum absolute atomic E-state index is 0.0279. The van der Waals surface area contributed by atoms with Crippen LogP contribution in [0.5, 0.6) is 0 Å². The van der Waals surface area contributed by atoms with Crippen molar-refractivity contribution in [3.05, 3.63) is 11.1 Å². The molecule has 68 valence electrons. The fourth-order valence-electron chi connectivity index (χ4n) is 0.690. The SMILES string of the molecule is CC(n1cn[nH]c1=S)C(F)(F)F. The van der Waals surface area contributed by atoms with Crippen LogP contribution in [-0.4, -0.2) is 20.9 Å². The van der Waals surface area contributed by atoms with Gasteiger partial charge < -0.3 is 0 Å². The number of hydrogen-bond acceptors (Lipinski definition) is 2. The van der Waals surface area contributed by atoms with Crippen LogP contribution in [0.3, 0.4) is 0 Å². The summed E-state index contributed by atoms with van der Waals surface area (Å²) < 4.78 is 37.1. The van der Waals surface area contributed by atoms with Crippen molar-refractivity contribution in [2.75, 3.05) is 0 Å². The molecule has 0 aliphatic heterocycles. The molecule has 1 aromatic rings. The summed E-state index contributed by atoms with van der Waals surface area (Å²) in [5, 5.41) is 5.64. The van der Waals surface area contributed by atoms with Gasteiger partial charge in [-0.3, -0.25) is 9.67 Å². The van der Waals surface area contributed by atoms with Gasteiger partial charge in [0.15, 0.2) is 4.77 Å². The molecule has 0 aliphatic carbocycles. The Balaban J connectivity index is 3.01. The summed E-state index contributed by atoms with van der Waals surface area (Å²) in [7, 11) is 0. The molecule has 1 atom stereocenters. The first kappa shape index (κ1) is 9.24. The van der Waals surface area contributed by atoms with E-state index in [4.69, 9.17) is 0 Å². The minimum Gasteiger partial charge on any atom is -0.295 e. The fourth-order valence-corrected chi connectivity index (χ4v) is 0.948. The highest BCUT2D eigenvalue weighted by Crippen LogP contribution is 2.29. The predicted molar refractivity (Wildman–Crippen MR) is 38.2 cm³/mol. The third kappa shape index (κ3) is 1.66. The Hall–Kier alpha value is -0.850. The van der Waals surface area contributed by atoms with Crippen molar-refractivity contribution in [1.29, 1.82) is 0 Å². The molecule has 0 amide bonds. The number of alkyl halides is 3. The lowest BCUT2D eigenvalue weighted by atomic mass is 10.3. The molecule has 1 heterocycles. The molecular weight excluding hydrogens is 191 g/mol. The first-order chi connectivity index (χ1) is 5.43. The van der Waals surface area contributed by atoms with Gasteiger partial charge in [0.1, 0.15) is 12.4 Å². The van der Waals surface area contributed by atoms with Gasteiger partial charge in [-0.15, -0.1) is 0 Å². The second-order valence-corrected chi connectivity index (χ2v) is 2.67. The predicted octanol–water partition coefficient (Wildman–Crippen LogP) is 2.06. The zero-order valence-electron chi connectivity index (χ0n) is 6.09. The van der Waals surface area contributed by atoms with Crippen LogP contribution in [0.2, 0.25) is 0 Å². The summed E-state index contributed by atoms with van der Waals surface area (Å²) in [6.07, 6.45) is -3.26. The lowest BCUT2D eigenvalue weighted by Crippen LogP contribution is -2.23. The number of nitrogens with one attached hydrogen (secondary N) is 1. The zero-order valence-corrected chi connectivity index (χ0v) is 6.91. The van der Waals surface area contributed by atoms with E-state index in [0.717, 1.165) is 17.8 Å². The standard InChI is InChI=1S/C5H6F3N3S/c1-3(5(6,7)8)11-2-9-10-4(11)12/h2-3H,1H3,(H,10,12). The van der Waals surface area contributed by atoms with E-state index in [1.165, 1.54) is 0 Å². The Morgan fingerprint density at radius 1 is 1.67 bits per heavy atom. The molecule has 0 aromatic carbocycles. The Labute approximate surface area is 71.2 Å². The van der Waals surface area contributed by atoms with Crippen LogP contribution in [-0.2, 0) is 0 Å². The number of halogens is 3. The summed E-state index contributed by atoms with van der Waals surface area (Å²) in [5.74, 6) is 0. The summed E-state index contributed by atoms with van der Waals surface area (Å²) in [6.45, 7) is 1.02. The van der Waals surface area contributed by atoms with Crippen LogP contribution < -0.4 is 0 Å². The molecule has 1 unspecified atom stereocenters. The summed E-state index contributed by atoms with van der Waals surface area (Å²) >= 11 is 4.58. The average Bonchev–Trinajstić information content (AvgIpc) is 2.31. The van der Waals surface area contributed by atoms with Gasteiger partial charge in [0.2, 0.25) is 0 Å². The van der Waals surface area contributed by atoms with Crippen LogP contribution in [0.4, 0.5) is 13.2 Å². The maximum absolute atomic E-state index is 12.1. The Morgan fingerprint density at radius 3 is 2.58 bits per heavy atom. The third-order valence-corrected chi connectivity index (χ3v) is 1.77. The lowest BCUT2D eigenvalue weighted by molar-refractivity contribution is -0.163. The van der Waals surface area contributed by atoms with E-state index in [-0.39, 0.29) is 4.77 Å². The second kappa shape index (κ2) is 2.89. The zero-order chi connectivity index (χ0) is 9.35. The van der Waals surface area contributed by atoms with E-state index in [9.17, 15) is 13.2 Å². The molecule has 3 nitrogen and oxygen atoms in total. The molecule has 12 heavy (non-hydrogen) atoms.